The molecule has 0 aliphatic carbocycles. The molecule has 0 radical (unpaired) electrons. The molecule has 4 rings (SSSR count). The quantitative estimate of drug-likeness (QED) is 0.632. The molecule has 2 aromatic carbocycles. The summed E-state index contributed by atoms with van der Waals surface area (Å²) in [6.45, 7) is 3.75. The van der Waals surface area contributed by atoms with E-state index in [2.05, 4.69) is 35.2 Å². The van der Waals surface area contributed by atoms with Crippen molar-refractivity contribution in [3.63, 3.8) is 0 Å². The van der Waals surface area contributed by atoms with Crippen LogP contribution in [0.4, 0.5) is 0 Å². The van der Waals surface area contributed by atoms with Crippen LogP contribution in [0.1, 0.15) is 18.4 Å². The third-order valence-electron chi connectivity index (χ3n) is 5.32. The first-order chi connectivity index (χ1) is 13.7. The highest BCUT2D eigenvalue weighted by Crippen LogP contribution is 2.22. The van der Waals surface area contributed by atoms with Crippen LogP contribution >= 0.6 is 0 Å². The molecule has 0 bridgehead atoms. The molecule has 0 amide bonds. The molecule has 5 nitrogen and oxygen atoms in total. The number of phenols is 1. The molecule has 2 heterocycles. The van der Waals surface area contributed by atoms with Crippen LogP contribution in [0.2, 0.25) is 0 Å². The summed E-state index contributed by atoms with van der Waals surface area (Å²) in [5, 5.41) is 10.5. The minimum absolute atomic E-state index is 0.0460. The van der Waals surface area contributed by atoms with Crippen molar-refractivity contribution in [2.75, 3.05) is 26.2 Å². The van der Waals surface area contributed by atoms with Gasteiger partial charge in [0.05, 0.1) is 12.0 Å². The molecule has 1 atom stereocenters. The zero-order valence-electron chi connectivity index (χ0n) is 15.8. The van der Waals surface area contributed by atoms with E-state index in [0.717, 1.165) is 38.4 Å². The Kier molecular flexibility index (Phi) is 5.63. The minimum Gasteiger partial charge on any atom is -0.508 e. The SMILES string of the molecule is O=c1oc(OCCCN2CCC(Cc3ccccc3)C2)cc2ccc(O)cc12. The molecule has 1 aliphatic rings. The minimum atomic E-state index is -0.494. The largest absolute Gasteiger partial charge is 0.508 e. The Morgan fingerprint density at radius 1 is 1.14 bits per heavy atom. The molecule has 1 saturated heterocycles. The molecule has 1 aliphatic heterocycles. The fourth-order valence-electron chi connectivity index (χ4n) is 3.91. The Bertz CT molecular complexity index is 983. The van der Waals surface area contributed by atoms with Crippen LogP contribution < -0.4 is 10.4 Å². The van der Waals surface area contributed by atoms with Crippen molar-refractivity contribution in [2.24, 2.45) is 5.92 Å². The summed E-state index contributed by atoms with van der Waals surface area (Å²) < 4.78 is 10.9. The van der Waals surface area contributed by atoms with Gasteiger partial charge >= 0.3 is 5.63 Å². The second-order valence-electron chi connectivity index (χ2n) is 7.47. The van der Waals surface area contributed by atoms with Gasteiger partial charge in [-0.1, -0.05) is 36.4 Å². The second-order valence-corrected chi connectivity index (χ2v) is 7.47. The van der Waals surface area contributed by atoms with E-state index in [1.807, 2.05) is 0 Å². The summed E-state index contributed by atoms with van der Waals surface area (Å²) >= 11 is 0. The van der Waals surface area contributed by atoms with Crippen molar-refractivity contribution >= 4 is 10.8 Å². The third kappa shape index (κ3) is 4.54. The zero-order valence-corrected chi connectivity index (χ0v) is 15.8. The Hall–Kier alpha value is -2.79. The highest BCUT2D eigenvalue weighted by atomic mass is 16.6. The fourth-order valence-corrected chi connectivity index (χ4v) is 3.91. The number of hydrogen-bond acceptors (Lipinski definition) is 5. The molecule has 146 valence electrons. The predicted octanol–water partition coefficient (Wildman–Crippen LogP) is 3.83. The predicted molar refractivity (Wildman–Crippen MR) is 109 cm³/mol. The first-order valence-electron chi connectivity index (χ1n) is 9.83. The number of fused-ring (bicyclic) bond motifs is 1. The fraction of sp³-hybridized carbons (Fsp3) is 0.348. The molecular formula is C23H25NO4. The van der Waals surface area contributed by atoms with Gasteiger partial charge < -0.3 is 19.2 Å². The lowest BCUT2D eigenvalue weighted by Crippen LogP contribution is -2.23. The molecule has 1 unspecified atom stereocenters. The Morgan fingerprint density at radius 2 is 2.00 bits per heavy atom. The van der Waals surface area contributed by atoms with Crippen molar-refractivity contribution in [1.82, 2.24) is 4.90 Å². The van der Waals surface area contributed by atoms with Crippen molar-refractivity contribution in [1.29, 1.82) is 0 Å². The molecule has 5 heteroatoms. The van der Waals surface area contributed by atoms with Crippen LogP contribution in [0.3, 0.4) is 0 Å². The maximum atomic E-state index is 12.0. The van der Waals surface area contributed by atoms with Crippen LogP contribution in [0.5, 0.6) is 11.7 Å². The van der Waals surface area contributed by atoms with E-state index < -0.39 is 5.63 Å². The van der Waals surface area contributed by atoms with Crippen LogP contribution in [0.25, 0.3) is 10.8 Å². The molecule has 1 aromatic heterocycles. The number of nitrogens with zero attached hydrogens (tertiary/aromatic N) is 1. The van der Waals surface area contributed by atoms with Gasteiger partial charge in [-0.15, -0.1) is 0 Å². The van der Waals surface area contributed by atoms with E-state index in [1.54, 1.807) is 18.2 Å². The van der Waals surface area contributed by atoms with E-state index in [-0.39, 0.29) is 11.7 Å². The zero-order chi connectivity index (χ0) is 19.3. The molecule has 28 heavy (non-hydrogen) atoms. The summed E-state index contributed by atoms with van der Waals surface area (Å²) in [5.41, 5.74) is 0.920. The van der Waals surface area contributed by atoms with Crippen LogP contribution in [0, 0.1) is 5.92 Å². The lowest BCUT2D eigenvalue weighted by atomic mass is 9.99. The van der Waals surface area contributed by atoms with Gasteiger partial charge in [0, 0.05) is 19.2 Å². The van der Waals surface area contributed by atoms with Crippen molar-refractivity contribution < 1.29 is 14.3 Å². The average Bonchev–Trinajstić information content (AvgIpc) is 3.14. The maximum absolute atomic E-state index is 12.0. The van der Waals surface area contributed by atoms with E-state index in [9.17, 15) is 9.90 Å². The Labute approximate surface area is 164 Å². The number of benzene rings is 2. The highest BCUT2D eigenvalue weighted by Gasteiger charge is 2.22. The summed E-state index contributed by atoms with van der Waals surface area (Å²) in [4.78, 5) is 14.5. The van der Waals surface area contributed by atoms with E-state index >= 15 is 0 Å². The summed E-state index contributed by atoms with van der Waals surface area (Å²) in [7, 11) is 0. The van der Waals surface area contributed by atoms with Crippen molar-refractivity contribution in [3.8, 4) is 11.7 Å². The number of ether oxygens (including phenoxy) is 1. The van der Waals surface area contributed by atoms with Gasteiger partial charge in [0.15, 0.2) is 0 Å². The lowest BCUT2D eigenvalue weighted by Gasteiger charge is -2.16. The first-order valence-corrected chi connectivity index (χ1v) is 9.83. The molecule has 0 spiro atoms. The normalized spacial score (nSPS) is 17.2. The highest BCUT2D eigenvalue weighted by molar-refractivity contribution is 5.83. The maximum Gasteiger partial charge on any atom is 0.346 e. The van der Waals surface area contributed by atoms with Gasteiger partial charge in [-0.3, -0.25) is 0 Å². The lowest BCUT2D eigenvalue weighted by molar-refractivity contribution is 0.210. The average molecular weight is 379 g/mol. The van der Waals surface area contributed by atoms with Crippen LogP contribution in [-0.4, -0.2) is 36.2 Å². The molecular weight excluding hydrogens is 354 g/mol. The van der Waals surface area contributed by atoms with Gasteiger partial charge in [-0.05, 0) is 54.8 Å². The van der Waals surface area contributed by atoms with Gasteiger partial charge in [0.1, 0.15) is 5.75 Å². The third-order valence-corrected chi connectivity index (χ3v) is 5.32. The monoisotopic (exact) mass is 379 g/mol. The number of aromatic hydroxyl groups is 1. The van der Waals surface area contributed by atoms with Crippen LogP contribution in [0.15, 0.2) is 63.8 Å². The van der Waals surface area contributed by atoms with Gasteiger partial charge in [0.25, 0.3) is 5.95 Å². The smallest absolute Gasteiger partial charge is 0.346 e. The van der Waals surface area contributed by atoms with E-state index in [0.29, 0.717) is 17.4 Å². The number of hydrogen-bond donors (Lipinski definition) is 1. The Morgan fingerprint density at radius 3 is 2.86 bits per heavy atom. The molecule has 0 saturated carbocycles. The molecule has 3 aromatic rings. The van der Waals surface area contributed by atoms with E-state index in [4.69, 9.17) is 9.15 Å². The number of phenolic OH excluding ortho intramolecular Hbond substituents is 1. The number of likely N-dealkylation sites (tertiary alicyclic amines) is 1. The topological polar surface area (TPSA) is 62.9 Å². The van der Waals surface area contributed by atoms with Crippen molar-refractivity contribution in [3.05, 3.63) is 70.6 Å². The Balaban J connectivity index is 1.23. The van der Waals surface area contributed by atoms with Gasteiger partial charge in [-0.25, -0.2) is 4.79 Å². The van der Waals surface area contributed by atoms with Gasteiger partial charge in [-0.2, -0.15) is 0 Å². The van der Waals surface area contributed by atoms with Crippen LogP contribution in [-0.2, 0) is 6.42 Å². The standard InChI is InChI=1S/C23H25NO4/c25-20-8-7-19-14-22(28-23(26)21(19)15-20)27-12-4-10-24-11-9-18(16-24)13-17-5-2-1-3-6-17/h1-3,5-8,14-15,18,25H,4,9-13,16H2. The molecule has 1 N–H and O–H groups in total. The second kappa shape index (κ2) is 8.48. The first kappa shape index (κ1) is 18.6. The summed E-state index contributed by atoms with van der Waals surface area (Å²) in [5.74, 6) is 0.995. The van der Waals surface area contributed by atoms with Gasteiger partial charge in [0.2, 0.25) is 0 Å². The summed E-state index contributed by atoms with van der Waals surface area (Å²) in [6, 6.07) is 17.0. The summed E-state index contributed by atoms with van der Waals surface area (Å²) in [6.07, 6.45) is 3.27. The number of rotatable bonds is 7. The van der Waals surface area contributed by atoms with E-state index in [1.165, 1.54) is 18.1 Å². The molecule has 1 fully saturated rings. The van der Waals surface area contributed by atoms with Crippen molar-refractivity contribution in [2.45, 2.75) is 19.3 Å².